The van der Waals surface area contributed by atoms with Crippen LogP contribution >= 0.6 is 0 Å². The Morgan fingerprint density at radius 3 is 2.07 bits per heavy atom. The van der Waals surface area contributed by atoms with Crippen LogP contribution < -0.4 is 0 Å². The molecule has 0 fully saturated rings. The minimum absolute atomic E-state index is 0.154. The van der Waals surface area contributed by atoms with E-state index in [1.54, 1.807) is 6.92 Å². The second-order valence-electron chi connectivity index (χ2n) is 2.73. The fourth-order valence-corrected chi connectivity index (χ4v) is 0.842. The molecule has 0 aliphatic heterocycles. The smallest absolute Gasteiger partial charge is 0.382 e. The summed E-state index contributed by atoms with van der Waals surface area (Å²) in [6, 6.07) is 0. The zero-order chi connectivity index (χ0) is 11.3. The number of esters is 1. The number of rotatable bonds is 5. The van der Waals surface area contributed by atoms with Crippen LogP contribution in [0.4, 0.5) is 0 Å². The second kappa shape index (κ2) is 5.26. The highest BCUT2D eigenvalue weighted by Gasteiger charge is 2.31. The van der Waals surface area contributed by atoms with Crippen LogP contribution in [-0.4, -0.2) is 30.4 Å². The van der Waals surface area contributed by atoms with E-state index in [0.717, 1.165) is 7.11 Å². The van der Waals surface area contributed by atoms with Gasteiger partial charge >= 0.3 is 11.8 Å². The number of carbonyl (C=O) groups is 4. The SMILES string of the molecule is CCC(=O)[C@H](C)C(=O)C(=O)C(=O)OC. The standard InChI is InChI=1S/C9H12O5/c1-4-6(10)5(2)7(11)8(12)9(13)14-3/h5H,4H2,1-3H3/t5-/m0/s1. The van der Waals surface area contributed by atoms with Gasteiger partial charge in [0.1, 0.15) is 5.78 Å². The van der Waals surface area contributed by atoms with Crippen molar-refractivity contribution in [1.82, 2.24) is 0 Å². The molecule has 5 nitrogen and oxygen atoms in total. The first-order valence-corrected chi connectivity index (χ1v) is 4.14. The molecule has 0 rings (SSSR count). The lowest BCUT2D eigenvalue weighted by molar-refractivity contribution is -0.156. The van der Waals surface area contributed by atoms with Crippen LogP contribution in [0.5, 0.6) is 0 Å². The summed E-state index contributed by atoms with van der Waals surface area (Å²) in [5.41, 5.74) is 0. The molecule has 0 saturated heterocycles. The summed E-state index contributed by atoms with van der Waals surface area (Å²) < 4.78 is 4.08. The van der Waals surface area contributed by atoms with Gasteiger partial charge in [-0.3, -0.25) is 14.4 Å². The van der Waals surface area contributed by atoms with Gasteiger partial charge in [-0.1, -0.05) is 6.92 Å². The predicted octanol–water partition coefficient (Wildman–Crippen LogP) is -0.0872. The summed E-state index contributed by atoms with van der Waals surface area (Å²) in [5, 5.41) is 0. The van der Waals surface area contributed by atoms with Crippen LogP contribution in [0.25, 0.3) is 0 Å². The predicted molar refractivity (Wildman–Crippen MR) is 46.5 cm³/mol. The number of hydrogen-bond donors (Lipinski definition) is 0. The van der Waals surface area contributed by atoms with Crippen LogP contribution in [-0.2, 0) is 23.9 Å². The van der Waals surface area contributed by atoms with Crippen LogP contribution in [0.2, 0.25) is 0 Å². The molecule has 0 aliphatic rings. The molecular formula is C9H12O5. The van der Waals surface area contributed by atoms with Crippen LogP contribution in [0.3, 0.4) is 0 Å². The molecule has 78 valence electrons. The molecule has 0 saturated carbocycles. The third kappa shape index (κ3) is 2.76. The van der Waals surface area contributed by atoms with Crippen LogP contribution in [0.1, 0.15) is 20.3 Å². The first-order chi connectivity index (χ1) is 6.45. The quantitative estimate of drug-likeness (QED) is 0.352. The number of carbonyl (C=O) groups excluding carboxylic acids is 4. The van der Waals surface area contributed by atoms with E-state index in [1.807, 2.05) is 0 Å². The monoisotopic (exact) mass is 200 g/mol. The number of ether oxygens (including phenoxy) is 1. The van der Waals surface area contributed by atoms with E-state index in [4.69, 9.17) is 0 Å². The molecule has 0 aromatic rings. The molecule has 0 radical (unpaired) electrons. The minimum atomic E-state index is -1.28. The van der Waals surface area contributed by atoms with Gasteiger partial charge in [0.25, 0.3) is 0 Å². The van der Waals surface area contributed by atoms with Gasteiger partial charge in [0, 0.05) is 6.42 Å². The zero-order valence-electron chi connectivity index (χ0n) is 8.33. The average molecular weight is 200 g/mol. The maximum atomic E-state index is 11.2. The summed E-state index contributed by atoms with van der Waals surface area (Å²) in [6.45, 7) is 2.88. The van der Waals surface area contributed by atoms with Crippen molar-refractivity contribution < 1.29 is 23.9 Å². The molecule has 0 heterocycles. The number of Topliss-reactive ketones (excluding diaryl/α,β-unsaturated/α-hetero) is 3. The molecule has 5 heteroatoms. The van der Waals surface area contributed by atoms with Gasteiger partial charge in [-0.05, 0) is 6.92 Å². The minimum Gasteiger partial charge on any atom is -0.463 e. The number of methoxy groups -OCH3 is 1. The average Bonchev–Trinajstić information content (AvgIpc) is 2.23. The van der Waals surface area contributed by atoms with E-state index in [0.29, 0.717) is 0 Å². The molecule has 0 amide bonds. The first-order valence-electron chi connectivity index (χ1n) is 4.14. The van der Waals surface area contributed by atoms with E-state index in [9.17, 15) is 19.2 Å². The fourth-order valence-electron chi connectivity index (χ4n) is 0.842. The molecule has 0 aromatic heterocycles. The van der Waals surface area contributed by atoms with Crippen molar-refractivity contribution >= 4 is 23.3 Å². The molecule has 14 heavy (non-hydrogen) atoms. The Labute approximate surface area is 81.4 Å². The van der Waals surface area contributed by atoms with Gasteiger partial charge in [-0.15, -0.1) is 0 Å². The van der Waals surface area contributed by atoms with Crippen molar-refractivity contribution in [2.24, 2.45) is 5.92 Å². The van der Waals surface area contributed by atoms with Crippen molar-refractivity contribution in [3.05, 3.63) is 0 Å². The van der Waals surface area contributed by atoms with Crippen molar-refractivity contribution in [2.75, 3.05) is 7.11 Å². The molecule has 0 aromatic carbocycles. The third-order valence-electron chi connectivity index (χ3n) is 1.82. The largest absolute Gasteiger partial charge is 0.463 e. The molecule has 0 spiro atoms. The summed E-state index contributed by atoms with van der Waals surface area (Å²) in [7, 11) is 1.000. The Balaban J connectivity index is 4.55. The summed E-state index contributed by atoms with van der Waals surface area (Å²) in [6.07, 6.45) is 0.154. The summed E-state index contributed by atoms with van der Waals surface area (Å²) in [4.78, 5) is 43.8. The molecule has 1 atom stereocenters. The normalized spacial score (nSPS) is 11.6. The lowest BCUT2D eigenvalue weighted by atomic mass is 9.97. The van der Waals surface area contributed by atoms with E-state index in [2.05, 4.69) is 4.74 Å². The van der Waals surface area contributed by atoms with Crippen molar-refractivity contribution in [3.63, 3.8) is 0 Å². The maximum Gasteiger partial charge on any atom is 0.382 e. The molecule has 0 N–H and O–H groups in total. The van der Waals surface area contributed by atoms with Crippen LogP contribution in [0.15, 0.2) is 0 Å². The number of hydrogen-bond acceptors (Lipinski definition) is 5. The second-order valence-corrected chi connectivity index (χ2v) is 2.73. The highest BCUT2D eigenvalue weighted by Crippen LogP contribution is 2.03. The van der Waals surface area contributed by atoms with E-state index in [1.165, 1.54) is 6.92 Å². The topological polar surface area (TPSA) is 77.5 Å². The fraction of sp³-hybridized carbons (Fsp3) is 0.556. The summed E-state index contributed by atoms with van der Waals surface area (Å²) in [5.74, 6) is -4.95. The van der Waals surface area contributed by atoms with Crippen LogP contribution in [0, 0.1) is 5.92 Å². The lowest BCUT2D eigenvalue weighted by Gasteiger charge is -2.05. The lowest BCUT2D eigenvalue weighted by Crippen LogP contribution is -2.33. The Morgan fingerprint density at radius 2 is 1.71 bits per heavy atom. The van der Waals surface area contributed by atoms with Gasteiger partial charge in [0.15, 0.2) is 0 Å². The van der Waals surface area contributed by atoms with E-state index in [-0.39, 0.29) is 12.2 Å². The first kappa shape index (κ1) is 12.5. The molecule has 0 unspecified atom stereocenters. The Morgan fingerprint density at radius 1 is 1.21 bits per heavy atom. The Kier molecular flexibility index (Phi) is 4.69. The summed E-state index contributed by atoms with van der Waals surface area (Å²) >= 11 is 0. The Bertz CT molecular complexity index is 279. The molecule has 0 bridgehead atoms. The third-order valence-corrected chi connectivity index (χ3v) is 1.82. The molecule has 0 aliphatic carbocycles. The van der Waals surface area contributed by atoms with Gasteiger partial charge in [-0.25, -0.2) is 4.79 Å². The van der Waals surface area contributed by atoms with Gasteiger partial charge in [0.2, 0.25) is 5.78 Å². The van der Waals surface area contributed by atoms with E-state index < -0.39 is 23.5 Å². The molecular weight excluding hydrogens is 188 g/mol. The van der Waals surface area contributed by atoms with Gasteiger partial charge in [0.05, 0.1) is 13.0 Å². The van der Waals surface area contributed by atoms with Crippen molar-refractivity contribution in [1.29, 1.82) is 0 Å². The number of ketones is 3. The van der Waals surface area contributed by atoms with Crippen molar-refractivity contribution in [3.8, 4) is 0 Å². The van der Waals surface area contributed by atoms with Gasteiger partial charge in [-0.2, -0.15) is 0 Å². The zero-order valence-corrected chi connectivity index (χ0v) is 8.33. The maximum absolute atomic E-state index is 11.2. The van der Waals surface area contributed by atoms with E-state index >= 15 is 0 Å². The highest BCUT2D eigenvalue weighted by atomic mass is 16.5. The van der Waals surface area contributed by atoms with Crippen molar-refractivity contribution in [2.45, 2.75) is 20.3 Å². The highest BCUT2D eigenvalue weighted by molar-refractivity contribution is 6.63. The van der Waals surface area contributed by atoms with Gasteiger partial charge < -0.3 is 4.74 Å². The Hall–Kier alpha value is -1.52.